The van der Waals surface area contributed by atoms with E-state index in [1.165, 1.54) is 5.01 Å². The molecule has 0 saturated heterocycles. The van der Waals surface area contributed by atoms with E-state index in [2.05, 4.69) is 5.10 Å². The highest BCUT2D eigenvalue weighted by molar-refractivity contribution is 7.85. The second-order valence-electron chi connectivity index (χ2n) is 5.90. The lowest BCUT2D eigenvalue weighted by Crippen LogP contribution is -2.37. The summed E-state index contributed by atoms with van der Waals surface area (Å²) in [6.07, 6.45) is 1.09. The molecule has 0 saturated carbocycles. The maximum Gasteiger partial charge on any atom is 0.248 e. The maximum absolute atomic E-state index is 12.6. The summed E-state index contributed by atoms with van der Waals surface area (Å²) in [5, 5.41) is 6.70. The van der Waals surface area contributed by atoms with E-state index in [1.54, 1.807) is 24.3 Å². The number of fused-ring (bicyclic) bond motifs is 3. The number of benzene rings is 2. The summed E-state index contributed by atoms with van der Waals surface area (Å²) in [6, 6.07) is 14.7. The summed E-state index contributed by atoms with van der Waals surface area (Å²) < 4.78 is 12.5. The Kier molecular flexibility index (Phi) is 3.98. The van der Waals surface area contributed by atoms with Crippen LogP contribution in [0, 0.1) is 5.92 Å². The van der Waals surface area contributed by atoms with E-state index >= 15 is 0 Å². The van der Waals surface area contributed by atoms with E-state index in [1.807, 2.05) is 24.3 Å². The van der Waals surface area contributed by atoms with Crippen molar-refractivity contribution >= 4 is 39.7 Å². The molecular formula is C18H15ClN2O2S. The maximum atomic E-state index is 12.6. The molecule has 0 aliphatic carbocycles. The largest absolute Gasteiger partial charge is 0.273 e. The molecule has 0 bridgehead atoms. The number of hydrazone groups is 1. The third-order valence-corrected chi connectivity index (χ3v) is 6.09. The zero-order valence-corrected chi connectivity index (χ0v) is 14.4. The van der Waals surface area contributed by atoms with E-state index in [9.17, 15) is 9.00 Å². The van der Waals surface area contributed by atoms with Crippen LogP contribution in [0.15, 0.2) is 58.5 Å². The number of carbonyl (C=O) groups excluding carboxylic acids is 1. The molecule has 2 aromatic carbocycles. The molecular weight excluding hydrogens is 344 g/mol. The summed E-state index contributed by atoms with van der Waals surface area (Å²) >= 11 is 5.93. The van der Waals surface area contributed by atoms with Gasteiger partial charge in [-0.1, -0.05) is 29.8 Å². The lowest BCUT2D eigenvalue weighted by Gasteiger charge is -2.28. The lowest BCUT2D eigenvalue weighted by molar-refractivity contribution is -0.119. The van der Waals surface area contributed by atoms with Crippen molar-refractivity contribution in [2.75, 3.05) is 10.8 Å². The highest BCUT2D eigenvalue weighted by atomic mass is 35.5. The Morgan fingerprint density at radius 3 is 2.67 bits per heavy atom. The van der Waals surface area contributed by atoms with Crippen LogP contribution in [0.25, 0.3) is 0 Å². The standard InChI is InChI=1S/C18H15ClN2O2S/c19-13-5-7-14(8-6-13)21-17(22)11-12-9-10-24(23)16-4-2-1-3-15(16)18(12)20-21/h1-8,12H,9-11H2. The molecule has 0 fully saturated rings. The van der Waals surface area contributed by atoms with Crippen LogP contribution in [-0.4, -0.2) is 21.6 Å². The first-order valence-corrected chi connectivity index (χ1v) is 9.48. The summed E-state index contributed by atoms with van der Waals surface area (Å²) in [5.74, 6) is 0.541. The van der Waals surface area contributed by atoms with Gasteiger partial charge in [0.05, 0.1) is 22.2 Å². The topological polar surface area (TPSA) is 49.7 Å². The van der Waals surface area contributed by atoms with E-state index < -0.39 is 10.8 Å². The van der Waals surface area contributed by atoms with Gasteiger partial charge in [-0.2, -0.15) is 5.10 Å². The molecule has 4 rings (SSSR count). The Hall–Kier alpha value is -1.98. The van der Waals surface area contributed by atoms with Crippen molar-refractivity contribution in [2.45, 2.75) is 17.7 Å². The molecule has 2 aromatic rings. The van der Waals surface area contributed by atoms with Gasteiger partial charge in [-0.05, 0) is 36.8 Å². The number of hydrogen-bond donors (Lipinski definition) is 0. The fourth-order valence-corrected chi connectivity index (χ4v) is 4.66. The number of halogens is 1. The number of nitrogens with zero attached hydrogens (tertiary/aromatic N) is 2. The van der Waals surface area contributed by atoms with Crippen LogP contribution < -0.4 is 5.01 Å². The third kappa shape index (κ3) is 2.68. The number of rotatable bonds is 1. The average Bonchev–Trinajstić information content (AvgIpc) is 2.73. The van der Waals surface area contributed by atoms with Gasteiger partial charge in [-0.3, -0.25) is 9.00 Å². The van der Waals surface area contributed by atoms with Crippen molar-refractivity contribution in [3.63, 3.8) is 0 Å². The first-order valence-electron chi connectivity index (χ1n) is 7.78. The van der Waals surface area contributed by atoms with Crippen LogP contribution in [0.3, 0.4) is 0 Å². The van der Waals surface area contributed by atoms with Crippen LogP contribution >= 0.6 is 11.6 Å². The molecule has 24 heavy (non-hydrogen) atoms. The number of hydrogen-bond acceptors (Lipinski definition) is 3. The van der Waals surface area contributed by atoms with Crippen molar-refractivity contribution in [3.8, 4) is 0 Å². The molecule has 1 amide bonds. The van der Waals surface area contributed by atoms with Gasteiger partial charge < -0.3 is 0 Å². The van der Waals surface area contributed by atoms with Crippen molar-refractivity contribution in [1.29, 1.82) is 0 Å². The zero-order valence-electron chi connectivity index (χ0n) is 12.8. The normalized spacial score (nSPS) is 23.1. The van der Waals surface area contributed by atoms with Gasteiger partial charge in [0.1, 0.15) is 0 Å². The summed E-state index contributed by atoms with van der Waals surface area (Å²) in [4.78, 5) is 13.4. The molecule has 6 heteroatoms. The number of amides is 1. The molecule has 2 aliphatic heterocycles. The van der Waals surface area contributed by atoms with Gasteiger partial charge in [-0.25, -0.2) is 5.01 Å². The minimum absolute atomic E-state index is 0.0219. The van der Waals surface area contributed by atoms with Crippen LogP contribution in [0.5, 0.6) is 0 Å². The third-order valence-electron chi connectivity index (χ3n) is 4.38. The molecule has 0 N–H and O–H groups in total. The quantitative estimate of drug-likeness (QED) is 0.782. The minimum Gasteiger partial charge on any atom is -0.273 e. The van der Waals surface area contributed by atoms with E-state index in [-0.39, 0.29) is 11.8 Å². The molecule has 2 atom stereocenters. The van der Waals surface area contributed by atoms with Crippen molar-refractivity contribution in [2.24, 2.45) is 11.0 Å². The van der Waals surface area contributed by atoms with E-state index in [4.69, 9.17) is 11.6 Å². The molecule has 2 aliphatic rings. The molecule has 0 radical (unpaired) electrons. The summed E-state index contributed by atoms with van der Waals surface area (Å²) in [7, 11) is -1.05. The smallest absolute Gasteiger partial charge is 0.248 e. The van der Waals surface area contributed by atoms with Crippen LogP contribution in [-0.2, 0) is 15.6 Å². The molecule has 122 valence electrons. The van der Waals surface area contributed by atoms with Gasteiger partial charge >= 0.3 is 0 Å². The van der Waals surface area contributed by atoms with E-state index in [0.29, 0.717) is 29.3 Å². The predicted octanol–water partition coefficient (Wildman–Crippen LogP) is 3.61. The number of carbonyl (C=O) groups is 1. The molecule has 0 aromatic heterocycles. The Labute approximate surface area is 147 Å². The van der Waals surface area contributed by atoms with Gasteiger partial charge in [-0.15, -0.1) is 0 Å². The van der Waals surface area contributed by atoms with Gasteiger partial charge in [0.2, 0.25) is 5.91 Å². The van der Waals surface area contributed by atoms with E-state index in [0.717, 1.165) is 16.2 Å². The van der Waals surface area contributed by atoms with Gasteiger partial charge in [0, 0.05) is 33.6 Å². The fraction of sp³-hybridized carbons (Fsp3) is 0.222. The zero-order chi connectivity index (χ0) is 16.7. The summed E-state index contributed by atoms with van der Waals surface area (Å²) in [5.41, 5.74) is 2.44. The monoisotopic (exact) mass is 358 g/mol. The average molecular weight is 359 g/mol. The second-order valence-corrected chi connectivity index (χ2v) is 7.88. The number of anilines is 1. The Bertz CT molecular complexity index is 864. The Morgan fingerprint density at radius 1 is 1.12 bits per heavy atom. The van der Waals surface area contributed by atoms with Crippen molar-refractivity contribution in [3.05, 3.63) is 59.1 Å². The summed E-state index contributed by atoms with van der Waals surface area (Å²) in [6.45, 7) is 0. The van der Waals surface area contributed by atoms with Crippen molar-refractivity contribution < 1.29 is 9.00 Å². The van der Waals surface area contributed by atoms with Crippen LogP contribution in [0.2, 0.25) is 5.02 Å². The van der Waals surface area contributed by atoms with Gasteiger partial charge in [0.25, 0.3) is 0 Å². The first-order chi connectivity index (χ1) is 11.6. The second kappa shape index (κ2) is 6.15. The SMILES string of the molecule is O=C1CC2CCS(=O)c3ccccc3C2=NN1c1ccc(Cl)cc1. The minimum atomic E-state index is -1.05. The van der Waals surface area contributed by atoms with Crippen molar-refractivity contribution in [1.82, 2.24) is 0 Å². The van der Waals surface area contributed by atoms with Crippen LogP contribution in [0.1, 0.15) is 18.4 Å². The Morgan fingerprint density at radius 2 is 1.88 bits per heavy atom. The highest BCUT2D eigenvalue weighted by Crippen LogP contribution is 2.33. The molecule has 0 spiro atoms. The highest BCUT2D eigenvalue weighted by Gasteiger charge is 2.34. The van der Waals surface area contributed by atoms with Crippen LogP contribution in [0.4, 0.5) is 5.69 Å². The molecule has 4 nitrogen and oxygen atoms in total. The van der Waals surface area contributed by atoms with Gasteiger partial charge in [0.15, 0.2) is 0 Å². The predicted molar refractivity (Wildman–Crippen MR) is 95.9 cm³/mol. The fourth-order valence-electron chi connectivity index (χ4n) is 3.17. The molecule has 2 unspecified atom stereocenters. The first kappa shape index (κ1) is 15.5. The Balaban J connectivity index is 1.84. The lowest BCUT2D eigenvalue weighted by atomic mass is 9.90. The molecule has 2 heterocycles.